The molecule has 0 atom stereocenters. The van der Waals surface area contributed by atoms with E-state index in [9.17, 15) is 0 Å². The van der Waals surface area contributed by atoms with Crippen LogP contribution in [0.15, 0.2) is 0 Å². The Bertz CT molecular complexity index is 82.6. The average Bonchev–Trinajstić information content (AvgIpc) is 0.722. The van der Waals surface area contributed by atoms with Crippen LogP contribution in [0, 0.1) is 0 Å². The molecule has 0 aliphatic heterocycles. The van der Waals surface area contributed by atoms with Crippen LogP contribution in [0.2, 0.25) is 0 Å². The molecule has 0 fully saturated rings. The largest absolute Gasteiger partial charge is 2.00 e. The van der Waals surface area contributed by atoms with Gasteiger partial charge < -0.3 is 27.8 Å². The molecule has 0 bridgehead atoms. The Morgan fingerprint density at radius 3 is 0.818 bits per heavy atom. The van der Waals surface area contributed by atoms with E-state index in [1.807, 2.05) is 0 Å². The van der Waals surface area contributed by atoms with Gasteiger partial charge >= 0.3 is 202 Å². The number of hydrogen-bond donors (Lipinski definition) is 0. The molecule has 0 N–H and O–H groups in total. The first-order valence-corrected chi connectivity index (χ1v) is 2.19. The molecule has 0 aliphatic carbocycles. The van der Waals surface area contributed by atoms with Gasteiger partial charge in [-0.1, -0.05) is 0 Å². The second-order valence-corrected chi connectivity index (χ2v) is 1.34. The SMILES string of the molecule is O=P([O-])([O-])[O-].[Ca+2].[Ca+2].[Ca+2].[H-].[H-].[H-].[H-].[H-].[H-].[Na+].[Na+].[Na+]. The molecule has 0 aliphatic rings. The van der Waals surface area contributed by atoms with Gasteiger partial charge in [0.25, 0.3) is 0 Å². The zero-order valence-corrected chi connectivity index (χ0v) is 20.7. The number of rotatable bonds is 0. The molecule has 4 nitrogen and oxygen atoms in total. The van der Waals surface area contributed by atoms with E-state index in [4.69, 9.17) is 19.2 Å². The maximum atomic E-state index is 8.55. The Kier molecular flexibility index (Phi) is 100. The van der Waals surface area contributed by atoms with Crippen molar-refractivity contribution >= 4 is 121 Å². The molecule has 0 radical (unpaired) electrons. The first-order valence-electron chi connectivity index (χ1n) is 0.730. The van der Waals surface area contributed by atoms with Gasteiger partial charge in [-0.3, -0.25) is 0 Å². The maximum absolute atomic E-state index is 8.55. The third-order valence-electron chi connectivity index (χ3n) is 0. The van der Waals surface area contributed by atoms with Crippen LogP contribution in [0.1, 0.15) is 8.56 Å². The third-order valence-corrected chi connectivity index (χ3v) is 0. The van der Waals surface area contributed by atoms with E-state index in [2.05, 4.69) is 0 Å². The first-order chi connectivity index (χ1) is 2.00. The van der Waals surface area contributed by atoms with Crippen LogP contribution in [0.5, 0.6) is 0 Å². The van der Waals surface area contributed by atoms with Gasteiger partial charge in [-0.25, -0.2) is 0 Å². The summed E-state index contributed by atoms with van der Waals surface area (Å²) in [7, 11) is -5.39. The van der Waals surface area contributed by atoms with Crippen LogP contribution >= 0.6 is 7.82 Å². The molecule has 0 amide bonds. The van der Waals surface area contributed by atoms with E-state index in [0.29, 0.717) is 0 Å². The van der Waals surface area contributed by atoms with Gasteiger partial charge in [0.05, 0.1) is 0 Å². The standard InChI is InChI=1S/3Ca.3Na.H3O4P.6H/c;;;;;;1-5(2,3)4;;;;;;/h;;;;;;(H3,1,2,3,4);;;;;;/q3*+2;3*+1;;6*-1/p-3. The minimum Gasteiger partial charge on any atom is -1.00 e. The van der Waals surface area contributed by atoms with Crippen molar-refractivity contribution in [2.24, 2.45) is 0 Å². The molecule has 0 spiro atoms. The summed E-state index contributed by atoms with van der Waals surface area (Å²) >= 11 is 0. The van der Waals surface area contributed by atoms with Gasteiger partial charge in [-0.2, -0.15) is 7.82 Å². The van der Waals surface area contributed by atoms with Gasteiger partial charge in [-0.05, 0) is 0 Å². The molecule has 0 aromatic carbocycles. The minimum atomic E-state index is -5.39. The fourth-order valence-electron chi connectivity index (χ4n) is 0. The molecule has 44 valence electrons. The maximum Gasteiger partial charge on any atom is 2.00 e. The molecule has 0 heterocycles. The van der Waals surface area contributed by atoms with Gasteiger partial charge in [0.1, 0.15) is 0 Å². The zero-order valence-electron chi connectivity index (χ0n) is 13.2. The third kappa shape index (κ3) is 78.9. The molecule has 0 unspecified atom stereocenters. The van der Waals surface area contributed by atoms with E-state index in [0.717, 1.165) is 0 Å². The summed E-state index contributed by atoms with van der Waals surface area (Å²) in [5, 5.41) is 0. The van der Waals surface area contributed by atoms with Crippen LogP contribution in [0.3, 0.4) is 0 Å². The van der Waals surface area contributed by atoms with Crippen molar-refractivity contribution in [1.29, 1.82) is 0 Å². The summed E-state index contributed by atoms with van der Waals surface area (Å²) < 4.78 is 8.55. The van der Waals surface area contributed by atoms with Crippen molar-refractivity contribution in [2.75, 3.05) is 0 Å². The van der Waals surface area contributed by atoms with Crippen LogP contribution in [0.25, 0.3) is 0 Å². The predicted octanol–water partition coefficient (Wildman–Crippen LogP) is -12.3. The second-order valence-electron chi connectivity index (χ2n) is 0.447. The zero-order chi connectivity index (χ0) is 4.50. The predicted molar refractivity (Wildman–Crippen MR) is 31.5 cm³/mol. The Morgan fingerprint density at radius 2 is 0.818 bits per heavy atom. The number of phosphoric acid groups is 1. The molecule has 0 saturated carbocycles. The van der Waals surface area contributed by atoms with Gasteiger partial charge in [0.2, 0.25) is 0 Å². The van der Waals surface area contributed by atoms with Crippen molar-refractivity contribution in [3.05, 3.63) is 0 Å². The normalized spacial score (nSPS) is 5.36. The fraction of sp³-hybridized carbons (Fsp3) is 0. The summed E-state index contributed by atoms with van der Waals surface area (Å²) in [6, 6.07) is 0. The summed E-state index contributed by atoms with van der Waals surface area (Å²) in [5.74, 6) is 0. The number of hydrogen-bond acceptors (Lipinski definition) is 4. The van der Waals surface area contributed by atoms with Crippen molar-refractivity contribution in [3.63, 3.8) is 0 Å². The Hall–Kier alpha value is 6.89. The van der Waals surface area contributed by atoms with Crippen LogP contribution in [0.4, 0.5) is 0 Å². The van der Waals surface area contributed by atoms with Crippen molar-refractivity contribution < 1.29 is 116 Å². The Balaban J connectivity index is -0.00000000121. The van der Waals surface area contributed by atoms with Crippen molar-refractivity contribution in [3.8, 4) is 0 Å². The summed E-state index contributed by atoms with van der Waals surface area (Å²) in [4.78, 5) is 25.6. The molecule has 0 aromatic heterocycles. The summed E-state index contributed by atoms with van der Waals surface area (Å²) in [6.07, 6.45) is 0. The molecule has 0 aromatic rings. The smallest absolute Gasteiger partial charge is 1.00 e. The molecule has 11 heteroatoms. The molecular weight excluding hydrogens is 284 g/mol. The summed E-state index contributed by atoms with van der Waals surface area (Å²) in [5.41, 5.74) is 0. The molecular formula is H6Ca3Na3O4P. The minimum absolute atomic E-state index is 0. The first kappa shape index (κ1) is 43.0. The topological polar surface area (TPSA) is 86.2 Å². The summed E-state index contributed by atoms with van der Waals surface area (Å²) in [6.45, 7) is 0. The van der Waals surface area contributed by atoms with E-state index in [1.165, 1.54) is 0 Å². The Labute approximate surface area is 231 Å². The van der Waals surface area contributed by atoms with E-state index in [1.54, 1.807) is 0 Å². The monoisotopic (exact) mass is 290 g/mol. The van der Waals surface area contributed by atoms with Crippen molar-refractivity contribution in [1.82, 2.24) is 0 Å². The Morgan fingerprint density at radius 1 is 0.818 bits per heavy atom. The van der Waals surface area contributed by atoms with E-state index >= 15 is 0 Å². The van der Waals surface area contributed by atoms with Crippen LogP contribution in [-0.2, 0) is 4.57 Å². The fourth-order valence-corrected chi connectivity index (χ4v) is 0. The van der Waals surface area contributed by atoms with Gasteiger partial charge in [-0.15, -0.1) is 0 Å². The van der Waals surface area contributed by atoms with Gasteiger partial charge in [0, 0.05) is 0 Å². The average molecular weight is 290 g/mol. The van der Waals surface area contributed by atoms with Gasteiger partial charge in [0.15, 0.2) is 0 Å². The molecule has 11 heavy (non-hydrogen) atoms. The second kappa shape index (κ2) is 25.7. The van der Waals surface area contributed by atoms with E-state index in [-0.39, 0.29) is 210 Å². The quantitative estimate of drug-likeness (QED) is 0.327. The molecule has 0 saturated heterocycles. The van der Waals surface area contributed by atoms with Crippen LogP contribution < -0.4 is 103 Å². The van der Waals surface area contributed by atoms with E-state index < -0.39 is 7.82 Å². The molecule has 0 rings (SSSR count). The van der Waals surface area contributed by atoms with Crippen molar-refractivity contribution in [2.45, 2.75) is 0 Å². The van der Waals surface area contributed by atoms with Crippen LogP contribution in [-0.4, -0.2) is 113 Å².